The molecule has 1 aromatic carbocycles. The lowest BCUT2D eigenvalue weighted by molar-refractivity contribution is 0.0167. The molecule has 1 aromatic rings. The molecule has 20 heavy (non-hydrogen) atoms. The summed E-state index contributed by atoms with van der Waals surface area (Å²) in [6.45, 7) is 11.2. The highest BCUT2D eigenvalue weighted by Gasteiger charge is 2.39. The monoisotopic (exact) mass is 298 g/mol. The van der Waals surface area contributed by atoms with Crippen molar-refractivity contribution in [2.75, 3.05) is 13.1 Å². The molecule has 1 N–H and O–H groups in total. The van der Waals surface area contributed by atoms with Crippen LogP contribution in [0.4, 0.5) is 4.39 Å². The van der Waals surface area contributed by atoms with E-state index < -0.39 is 0 Å². The zero-order valence-electron chi connectivity index (χ0n) is 12.8. The summed E-state index contributed by atoms with van der Waals surface area (Å²) in [5, 5.41) is 3.78. The molecule has 1 aliphatic heterocycles. The van der Waals surface area contributed by atoms with Crippen molar-refractivity contribution in [1.82, 2.24) is 10.2 Å². The zero-order chi connectivity index (χ0) is 15.0. The first-order valence-electron chi connectivity index (χ1n) is 7.20. The third kappa shape index (κ3) is 3.16. The highest BCUT2D eigenvalue weighted by Crippen LogP contribution is 2.29. The number of halogens is 2. The third-order valence-electron chi connectivity index (χ3n) is 4.45. The minimum absolute atomic E-state index is 0.0454. The molecule has 4 heteroatoms. The summed E-state index contributed by atoms with van der Waals surface area (Å²) in [6.07, 6.45) is 1.03. The van der Waals surface area contributed by atoms with Crippen molar-refractivity contribution in [1.29, 1.82) is 0 Å². The Kier molecular flexibility index (Phi) is 4.43. The number of nitrogens with one attached hydrogen (secondary N) is 1. The molecule has 0 bridgehead atoms. The summed E-state index contributed by atoms with van der Waals surface area (Å²) >= 11 is 5.89. The normalized spacial score (nSPS) is 26.7. The number of piperazine rings is 1. The van der Waals surface area contributed by atoms with E-state index in [2.05, 4.69) is 37.9 Å². The van der Waals surface area contributed by atoms with E-state index in [9.17, 15) is 4.39 Å². The van der Waals surface area contributed by atoms with Gasteiger partial charge in [-0.2, -0.15) is 0 Å². The van der Waals surface area contributed by atoms with Crippen LogP contribution >= 0.6 is 11.6 Å². The number of hydrogen-bond acceptors (Lipinski definition) is 2. The molecule has 1 unspecified atom stereocenters. The van der Waals surface area contributed by atoms with Crippen molar-refractivity contribution >= 4 is 11.6 Å². The second-order valence-electron chi connectivity index (χ2n) is 6.66. The Balaban J connectivity index is 2.26. The first-order chi connectivity index (χ1) is 9.27. The van der Waals surface area contributed by atoms with E-state index in [1.54, 1.807) is 6.07 Å². The SMILES string of the molecule is CCC1(C)CNC(C)(C)CN1Cc1cccc(Cl)c1F. The topological polar surface area (TPSA) is 15.3 Å². The standard InChI is InChI=1S/C16H24ClFN2/c1-5-16(4)10-19-15(2,3)11-20(16)9-12-7-6-8-13(17)14(12)18/h6-8,19H,5,9-11H2,1-4H3. The van der Waals surface area contributed by atoms with Crippen molar-refractivity contribution < 1.29 is 4.39 Å². The first kappa shape index (κ1) is 15.7. The maximum Gasteiger partial charge on any atom is 0.146 e. The Hall–Kier alpha value is -0.640. The number of nitrogens with zero attached hydrogens (tertiary/aromatic N) is 1. The van der Waals surface area contributed by atoms with Gasteiger partial charge in [0.1, 0.15) is 5.82 Å². The fraction of sp³-hybridized carbons (Fsp3) is 0.625. The number of hydrogen-bond donors (Lipinski definition) is 1. The van der Waals surface area contributed by atoms with Crippen LogP contribution in [0, 0.1) is 5.82 Å². The van der Waals surface area contributed by atoms with Gasteiger partial charge in [-0.15, -0.1) is 0 Å². The minimum Gasteiger partial charge on any atom is -0.309 e. The van der Waals surface area contributed by atoms with Gasteiger partial charge < -0.3 is 5.32 Å². The summed E-state index contributed by atoms with van der Waals surface area (Å²) in [4.78, 5) is 2.37. The van der Waals surface area contributed by atoms with Crippen LogP contribution in [0.2, 0.25) is 5.02 Å². The van der Waals surface area contributed by atoms with E-state index in [1.807, 2.05) is 12.1 Å². The lowest BCUT2D eigenvalue weighted by atomic mass is 9.87. The highest BCUT2D eigenvalue weighted by atomic mass is 35.5. The fourth-order valence-corrected chi connectivity index (χ4v) is 2.93. The van der Waals surface area contributed by atoms with Gasteiger partial charge in [-0.25, -0.2) is 4.39 Å². The van der Waals surface area contributed by atoms with E-state index in [0.717, 1.165) is 19.5 Å². The van der Waals surface area contributed by atoms with Gasteiger partial charge in [-0.3, -0.25) is 4.90 Å². The van der Waals surface area contributed by atoms with Crippen molar-refractivity contribution in [2.45, 2.75) is 51.7 Å². The van der Waals surface area contributed by atoms with E-state index in [0.29, 0.717) is 12.1 Å². The second kappa shape index (κ2) is 5.63. The van der Waals surface area contributed by atoms with E-state index in [1.165, 1.54) is 0 Å². The average molecular weight is 299 g/mol. The molecule has 1 saturated heterocycles. The molecule has 0 aliphatic carbocycles. The summed E-state index contributed by atoms with van der Waals surface area (Å²) in [5.41, 5.74) is 0.767. The summed E-state index contributed by atoms with van der Waals surface area (Å²) in [5.74, 6) is -0.288. The van der Waals surface area contributed by atoms with E-state index in [-0.39, 0.29) is 21.9 Å². The largest absolute Gasteiger partial charge is 0.309 e. The van der Waals surface area contributed by atoms with Crippen LogP contribution in [0.3, 0.4) is 0 Å². The Morgan fingerprint density at radius 1 is 1.35 bits per heavy atom. The predicted molar refractivity (Wildman–Crippen MR) is 82.6 cm³/mol. The van der Waals surface area contributed by atoms with E-state index in [4.69, 9.17) is 11.6 Å². The molecular formula is C16H24ClFN2. The maximum absolute atomic E-state index is 14.1. The van der Waals surface area contributed by atoms with Crippen LogP contribution < -0.4 is 5.32 Å². The molecular weight excluding hydrogens is 275 g/mol. The molecule has 0 amide bonds. The molecule has 1 heterocycles. The first-order valence-corrected chi connectivity index (χ1v) is 7.58. The highest BCUT2D eigenvalue weighted by molar-refractivity contribution is 6.30. The smallest absolute Gasteiger partial charge is 0.146 e. The number of benzene rings is 1. The average Bonchev–Trinajstić information content (AvgIpc) is 2.39. The summed E-state index contributed by atoms with van der Waals surface area (Å²) in [7, 11) is 0. The van der Waals surface area contributed by atoms with Gasteiger partial charge in [-0.05, 0) is 33.3 Å². The Morgan fingerprint density at radius 3 is 2.70 bits per heavy atom. The van der Waals surface area contributed by atoms with Crippen molar-refractivity contribution in [3.05, 3.63) is 34.6 Å². The molecule has 0 aromatic heterocycles. The lowest BCUT2D eigenvalue weighted by Crippen LogP contribution is -2.66. The van der Waals surface area contributed by atoms with Crippen LogP contribution in [0.15, 0.2) is 18.2 Å². The van der Waals surface area contributed by atoms with Gasteiger partial charge in [0, 0.05) is 36.3 Å². The van der Waals surface area contributed by atoms with Gasteiger partial charge in [0.2, 0.25) is 0 Å². The van der Waals surface area contributed by atoms with E-state index >= 15 is 0 Å². The van der Waals surface area contributed by atoms with Crippen molar-refractivity contribution in [3.8, 4) is 0 Å². The molecule has 1 atom stereocenters. The van der Waals surface area contributed by atoms with Crippen LogP contribution in [0.5, 0.6) is 0 Å². The van der Waals surface area contributed by atoms with Crippen molar-refractivity contribution in [3.63, 3.8) is 0 Å². The summed E-state index contributed by atoms with van der Waals surface area (Å²) < 4.78 is 14.1. The van der Waals surface area contributed by atoms with Crippen LogP contribution in [0.1, 0.15) is 39.7 Å². The van der Waals surface area contributed by atoms with Crippen molar-refractivity contribution in [2.24, 2.45) is 0 Å². The number of rotatable bonds is 3. The van der Waals surface area contributed by atoms with Gasteiger partial charge in [0.05, 0.1) is 5.02 Å². The van der Waals surface area contributed by atoms with Gasteiger partial charge in [0.15, 0.2) is 0 Å². The minimum atomic E-state index is -0.288. The third-order valence-corrected chi connectivity index (χ3v) is 4.74. The molecule has 0 radical (unpaired) electrons. The predicted octanol–water partition coefficient (Wildman–Crippen LogP) is 3.83. The molecule has 112 valence electrons. The Labute approximate surface area is 126 Å². The van der Waals surface area contributed by atoms with Gasteiger partial charge in [0.25, 0.3) is 0 Å². The van der Waals surface area contributed by atoms with Gasteiger partial charge in [-0.1, -0.05) is 30.7 Å². The maximum atomic E-state index is 14.1. The fourth-order valence-electron chi connectivity index (χ4n) is 2.74. The zero-order valence-corrected chi connectivity index (χ0v) is 13.5. The molecule has 0 spiro atoms. The quantitative estimate of drug-likeness (QED) is 0.912. The second-order valence-corrected chi connectivity index (χ2v) is 7.06. The Morgan fingerprint density at radius 2 is 2.05 bits per heavy atom. The molecule has 2 rings (SSSR count). The van der Waals surface area contributed by atoms with Crippen LogP contribution in [-0.2, 0) is 6.54 Å². The van der Waals surface area contributed by atoms with Crippen LogP contribution in [-0.4, -0.2) is 29.1 Å². The molecule has 0 saturated carbocycles. The Bertz CT molecular complexity index is 489. The molecule has 1 fully saturated rings. The van der Waals surface area contributed by atoms with Crippen LogP contribution in [0.25, 0.3) is 0 Å². The van der Waals surface area contributed by atoms with Gasteiger partial charge >= 0.3 is 0 Å². The lowest BCUT2D eigenvalue weighted by Gasteiger charge is -2.51. The molecule has 1 aliphatic rings. The summed E-state index contributed by atoms with van der Waals surface area (Å²) in [6, 6.07) is 5.24. The molecule has 2 nitrogen and oxygen atoms in total.